The molecular weight excluding hydrogens is 196 g/mol. The van der Waals surface area contributed by atoms with Gasteiger partial charge in [-0.2, -0.15) is 0 Å². The van der Waals surface area contributed by atoms with Crippen molar-refractivity contribution in [2.75, 3.05) is 13.2 Å². The SMILES string of the molecule is O=[N+]([O-])C(CO)CCC(CO)[N+](=O)[O-]. The number of hydrogen-bond acceptors (Lipinski definition) is 6. The Bertz CT molecular complexity index is 186. The Morgan fingerprint density at radius 1 is 0.929 bits per heavy atom. The van der Waals surface area contributed by atoms with Gasteiger partial charge in [0.15, 0.2) is 0 Å². The first kappa shape index (κ1) is 12.7. The summed E-state index contributed by atoms with van der Waals surface area (Å²) in [5.41, 5.74) is 0. The lowest BCUT2D eigenvalue weighted by Gasteiger charge is -2.08. The van der Waals surface area contributed by atoms with E-state index in [1.807, 2.05) is 0 Å². The van der Waals surface area contributed by atoms with Gasteiger partial charge in [-0.05, 0) is 0 Å². The first-order valence-electron chi connectivity index (χ1n) is 4.01. The molecule has 8 heteroatoms. The quantitative estimate of drug-likeness (QED) is 0.409. The molecule has 0 aliphatic rings. The van der Waals surface area contributed by atoms with Crippen molar-refractivity contribution in [2.24, 2.45) is 0 Å². The van der Waals surface area contributed by atoms with E-state index in [1.54, 1.807) is 0 Å². The van der Waals surface area contributed by atoms with Crippen molar-refractivity contribution >= 4 is 0 Å². The Morgan fingerprint density at radius 2 is 1.21 bits per heavy atom. The van der Waals surface area contributed by atoms with Gasteiger partial charge in [0, 0.05) is 22.7 Å². The summed E-state index contributed by atoms with van der Waals surface area (Å²) in [5.74, 6) is 0. The second-order valence-electron chi connectivity index (χ2n) is 2.82. The second-order valence-corrected chi connectivity index (χ2v) is 2.82. The Balaban J connectivity index is 4.00. The van der Waals surface area contributed by atoms with Crippen LogP contribution in [-0.4, -0.2) is 45.4 Å². The molecule has 0 aliphatic carbocycles. The van der Waals surface area contributed by atoms with Crippen LogP contribution >= 0.6 is 0 Å². The van der Waals surface area contributed by atoms with Gasteiger partial charge in [0.1, 0.15) is 13.2 Å². The zero-order valence-electron chi connectivity index (χ0n) is 7.40. The molecule has 0 rings (SSSR count). The minimum Gasteiger partial charge on any atom is -0.389 e. The molecule has 0 heterocycles. The molecule has 82 valence electrons. The minimum absolute atomic E-state index is 0.115. The van der Waals surface area contributed by atoms with E-state index in [0.29, 0.717) is 0 Å². The van der Waals surface area contributed by atoms with Crippen molar-refractivity contribution in [1.29, 1.82) is 0 Å². The number of nitro groups is 2. The van der Waals surface area contributed by atoms with E-state index >= 15 is 0 Å². The second kappa shape index (κ2) is 6.22. The molecular formula is C6H12N2O6. The van der Waals surface area contributed by atoms with E-state index in [0.717, 1.165) is 0 Å². The maximum Gasteiger partial charge on any atom is 0.236 e. The summed E-state index contributed by atoms with van der Waals surface area (Å²) in [6.45, 7) is -1.30. The Morgan fingerprint density at radius 3 is 1.36 bits per heavy atom. The highest BCUT2D eigenvalue weighted by Gasteiger charge is 2.25. The number of rotatable bonds is 7. The Hall–Kier alpha value is -1.28. The van der Waals surface area contributed by atoms with Crippen LogP contribution in [0.3, 0.4) is 0 Å². The van der Waals surface area contributed by atoms with Crippen LogP contribution in [0.5, 0.6) is 0 Å². The lowest BCUT2D eigenvalue weighted by molar-refractivity contribution is -0.541. The third-order valence-electron chi connectivity index (χ3n) is 1.85. The molecule has 0 aliphatic heterocycles. The van der Waals surface area contributed by atoms with Gasteiger partial charge in [-0.1, -0.05) is 0 Å². The van der Waals surface area contributed by atoms with Crippen molar-refractivity contribution in [3.8, 4) is 0 Å². The third kappa shape index (κ3) is 4.10. The molecule has 0 saturated heterocycles. The van der Waals surface area contributed by atoms with Gasteiger partial charge in [0.05, 0.1) is 0 Å². The molecule has 2 atom stereocenters. The summed E-state index contributed by atoms with van der Waals surface area (Å²) in [6, 6.07) is -2.38. The molecule has 0 amide bonds. The average Bonchev–Trinajstić information content (AvgIpc) is 2.11. The van der Waals surface area contributed by atoms with Gasteiger partial charge in [-0.25, -0.2) is 0 Å². The maximum absolute atomic E-state index is 10.2. The monoisotopic (exact) mass is 208 g/mol. The van der Waals surface area contributed by atoms with Crippen LogP contribution in [0, 0.1) is 20.2 Å². The van der Waals surface area contributed by atoms with E-state index in [1.165, 1.54) is 0 Å². The van der Waals surface area contributed by atoms with Gasteiger partial charge < -0.3 is 10.2 Å². The van der Waals surface area contributed by atoms with Crippen molar-refractivity contribution in [1.82, 2.24) is 0 Å². The van der Waals surface area contributed by atoms with Crippen LogP contribution in [0.15, 0.2) is 0 Å². The lowest BCUT2D eigenvalue weighted by atomic mass is 10.1. The molecule has 0 aromatic heterocycles. The summed E-state index contributed by atoms with van der Waals surface area (Å²) < 4.78 is 0. The zero-order valence-corrected chi connectivity index (χ0v) is 7.40. The zero-order chi connectivity index (χ0) is 11.1. The third-order valence-corrected chi connectivity index (χ3v) is 1.85. The standard InChI is InChI=1S/C6H12N2O6/c9-3-5(7(11)12)1-2-6(4-10)8(13)14/h5-6,9-10H,1-4H2. The average molecular weight is 208 g/mol. The Labute approximate surface area is 79.5 Å². The molecule has 14 heavy (non-hydrogen) atoms. The number of nitrogens with zero attached hydrogens (tertiary/aromatic N) is 2. The van der Waals surface area contributed by atoms with Crippen LogP contribution in [0.25, 0.3) is 0 Å². The fraction of sp³-hybridized carbons (Fsp3) is 1.00. The maximum atomic E-state index is 10.2. The van der Waals surface area contributed by atoms with Gasteiger partial charge >= 0.3 is 0 Å². The molecule has 0 aromatic carbocycles. The summed E-state index contributed by atoms with van der Waals surface area (Å²) in [6.07, 6.45) is -0.231. The lowest BCUT2D eigenvalue weighted by Crippen LogP contribution is -2.29. The molecule has 2 unspecified atom stereocenters. The normalized spacial score (nSPS) is 14.7. The van der Waals surface area contributed by atoms with Gasteiger partial charge in [0.2, 0.25) is 12.1 Å². The minimum atomic E-state index is -1.19. The summed E-state index contributed by atoms with van der Waals surface area (Å²) in [7, 11) is 0. The van der Waals surface area contributed by atoms with Crippen molar-refractivity contribution in [3.63, 3.8) is 0 Å². The predicted molar refractivity (Wildman–Crippen MR) is 45.0 cm³/mol. The van der Waals surface area contributed by atoms with Crippen molar-refractivity contribution in [2.45, 2.75) is 24.9 Å². The van der Waals surface area contributed by atoms with Crippen LogP contribution in [0.1, 0.15) is 12.8 Å². The van der Waals surface area contributed by atoms with Gasteiger partial charge in [-0.3, -0.25) is 20.2 Å². The summed E-state index contributed by atoms with van der Waals surface area (Å²) in [5, 5.41) is 37.5. The summed E-state index contributed by atoms with van der Waals surface area (Å²) >= 11 is 0. The molecule has 8 nitrogen and oxygen atoms in total. The molecule has 0 bridgehead atoms. The highest BCUT2D eigenvalue weighted by molar-refractivity contribution is 4.60. The van der Waals surface area contributed by atoms with Crippen LogP contribution in [0.4, 0.5) is 0 Å². The van der Waals surface area contributed by atoms with Crippen LogP contribution in [0.2, 0.25) is 0 Å². The first-order chi connectivity index (χ1) is 6.52. The topological polar surface area (TPSA) is 127 Å². The van der Waals surface area contributed by atoms with Gasteiger partial charge in [-0.15, -0.1) is 0 Å². The van der Waals surface area contributed by atoms with E-state index < -0.39 is 35.1 Å². The molecule has 0 fully saturated rings. The molecule has 2 N–H and O–H groups in total. The van der Waals surface area contributed by atoms with Crippen molar-refractivity contribution in [3.05, 3.63) is 20.2 Å². The molecule has 0 aromatic rings. The smallest absolute Gasteiger partial charge is 0.236 e. The van der Waals surface area contributed by atoms with Crippen LogP contribution in [-0.2, 0) is 0 Å². The number of aliphatic hydroxyl groups is 2. The van der Waals surface area contributed by atoms with Gasteiger partial charge in [0.25, 0.3) is 0 Å². The number of aliphatic hydroxyl groups excluding tert-OH is 2. The van der Waals surface area contributed by atoms with E-state index in [2.05, 4.69) is 0 Å². The highest BCUT2D eigenvalue weighted by atomic mass is 16.6. The Kier molecular flexibility index (Phi) is 5.65. The largest absolute Gasteiger partial charge is 0.389 e. The van der Waals surface area contributed by atoms with E-state index in [9.17, 15) is 20.2 Å². The predicted octanol–water partition coefficient (Wildman–Crippen LogP) is -0.958. The number of hydrogen-bond donors (Lipinski definition) is 2. The fourth-order valence-electron chi connectivity index (χ4n) is 0.911. The van der Waals surface area contributed by atoms with E-state index in [4.69, 9.17) is 10.2 Å². The first-order valence-corrected chi connectivity index (χ1v) is 4.01. The molecule has 0 saturated carbocycles. The van der Waals surface area contributed by atoms with E-state index in [-0.39, 0.29) is 12.8 Å². The van der Waals surface area contributed by atoms with Crippen LogP contribution < -0.4 is 0 Å². The summed E-state index contributed by atoms with van der Waals surface area (Å²) in [4.78, 5) is 19.1. The molecule has 0 radical (unpaired) electrons. The molecule has 0 spiro atoms. The van der Waals surface area contributed by atoms with Crippen molar-refractivity contribution < 1.29 is 20.1 Å². The highest BCUT2D eigenvalue weighted by Crippen LogP contribution is 2.06. The fourth-order valence-corrected chi connectivity index (χ4v) is 0.911.